The number of carboxylic acids is 1. The second kappa shape index (κ2) is 5.92. The second-order valence-corrected chi connectivity index (χ2v) is 6.41. The van der Waals surface area contributed by atoms with Crippen LogP contribution in [0.4, 0.5) is 0 Å². The fourth-order valence-electron chi connectivity index (χ4n) is 1.64. The van der Waals surface area contributed by atoms with Crippen molar-refractivity contribution in [2.24, 2.45) is 0 Å². The van der Waals surface area contributed by atoms with Crippen LogP contribution in [0.5, 0.6) is 5.75 Å². The third-order valence-corrected chi connectivity index (χ3v) is 3.79. The minimum atomic E-state index is -3.29. The summed E-state index contributed by atoms with van der Waals surface area (Å²) in [4.78, 5) is 14.7. The molecular formula is C14H13NO5S. The summed E-state index contributed by atoms with van der Waals surface area (Å²) in [6, 6.07) is 9.16. The van der Waals surface area contributed by atoms with Gasteiger partial charge in [0.25, 0.3) is 0 Å². The molecule has 1 heterocycles. The van der Waals surface area contributed by atoms with Crippen molar-refractivity contribution >= 4 is 15.8 Å². The van der Waals surface area contributed by atoms with E-state index in [4.69, 9.17) is 9.84 Å². The van der Waals surface area contributed by atoms with E-state index in [0.717, 1.165) is 6.26 Å². The van der Waals surface area contributed by atoms with Crippen LogP contribution in [0.25, 0.3) is 0 Å². The molecule has 0 aliphatic heterocycles. The fourth-order valence-corrected chi connectivity index (χ4v) is 2.30. The summed E-state index contributed by atoms with van der Waals surface area (Å²) >= 11 is 0. The molecule has 21 heavy (non-hydrogen) atoms. The largest absolute Gasteiger partial charge is 0.489 e. The normalized spacial score (nSPS) is 11.1. The highest BCUT2D eigenvalue weighted by atomic mass is 32.2. The third kappa shape index (κ3) is 4.03. The Morgan fingerprint density at radius 2 is 2.05 bits per heavy atom. The molecule has 0 aliphatic rings. The lowest BCUT2D eigenvalue weighted by atomic mass is 10.2. The molecule has 0 unspecified atom stereocenters. The van der Waals surface area contributed by atoms with Gasteiger partial charge in [0.05, 0.1) is 4.90 Å². The molecule has 0 spiro atoms. The molecule has 0 atom stereocenters. The van der Waals surface area contributed by atoms with Gasteiger partial charge in [-0.1, -0.05) is 6.07 Å². The number of aromatic carboxylic acids is 1. The minimum Gasteiger partial charge on any atom is -0.489 e. The molecule has 0 saturated heterocycles. The lowest BCUT2D eigenvalue weighted by Crippen LogP contribution is -2.03. The molecule has 1 aromatic heterocycles. The summed E-state index contributed by atoms with van der Waals surface area (Å²) in [6.45, 7) is 0.121. The monoisotopic (exact) mass is 307 g/mol. The summed E-state index contributed by atoms with van der Waals surface area (Å²) in [5.74, 6) is -0.720. The highest BCUT2D eigenvalue weighted by Crippen LogP contribution is 2.18. The first-order chi connectivity index (χ1) is 9.86. The van der Waals surface area contributed by atoms with Crippen molar-refractivity contribution in [2.45, 2.75) is 11.5 Å². The number of rotatable bonds is 5. The average molecular weight is 307 g/mol. The highest BCUT2D eigenvalue weighted by Gasteiger charge is 2.09. The molecule has 0 bridgehead atoms. The topological polar surface area (TPSA) is 93.6 Å². The number of carboxylic acid groups (broad SMARTS) is 1. The Morgan fingerprint density at radius 3 is 2.71 bits per heavy atom. The second-order valence-electron chi connectivity index (χ2n) is 4.39. The maximum absolute atomic E-state index is 11.4. The van der Waals surface area contributed by atoms with Gasteiger partial charge in [-0.25, -0.2) is 18.2 Å². The maximum atomic E-state index is 11.4. The van der Waals surface area contributed by atoms with Crippen LogP contribution in [-0.2, 0) is 16.4 Å². The van der Waals surface area contributed by atoms with E-state index >= 15 is 0 Å². The summed E-state index contributed by atoms with van der Waals surface area (Å²) in [5.41, 5.74) is 0.563. The van der Waals surface area contributed by atoms with Gasteiger partial charge in [-0.3, -0.25) is 0 Å². The molecule has 0 saturated carbocycles. The van der Waals surface area contributed by atoms with E-state index in [1.807, 2.05) is 0 Å². The van der Waals surface area contributed by atoms with Crippen LogP contribution in [0.2, 0.25) is 0 Å². The number of sulfone groups is 1. The number of hydrogen-bond donors (Lipinski definition) is 1. The van der Waals surface area contributed by atoms with Crippen LogP contribution in [0.15, 0.2) is 47.5 Å². The molecular weight excluding hydrogens is 294 g/mol. The van der Waals surface area contributed by atoms with Gasteiger partial charge in [0.2, 0.25) is 0 Å². The Labute approximate surface area is 121 Å². The quantitative estimate of drug-likeness (QED) is 0.904. The smallest absolute Gasteiger partial charge is 0.354 e. The van der Waals surface area contributed by atoms with Gasteiger partial charge in [-0.15, -0.1) is 0 Å². The van der Waals surface area contributed by atoms with Gasteiger partial charge in [-0.05, 0) is 35.9 Å². The highest BCUT2D eigenvalue weighted by molar-refractivity contribution is 7.90. The molecule has 1 aromatic carbocycles. The van der Waals surface area contributed by atoms with Crippen LogP contribution in [0.3, 0.4) is 0 Å². The fraction of sp³-hybridized carbons (Fsp3) is 0.143. The van der Waals surface area contributed by atoms with Crippen LogP contribution < -0.4 is 4.74 Å². The van der Waals surface area contributed by atoms with Gasteiger partial charge in [-0.2, -0.15) is 0 Å². The lowest BCUT2D eigenvalue weighted by Gasteiger charge is -2.08. The Bertz CT molecular complexity index is 770. The number of pyridine rings is 1. The molecule has 110 valence electrons. The lowest BCUT2D eigenvalue weighted by molar-refractivity contribution is 0.0690. The van der Waals surface area contributed by atoms with Crippen molar-refractivity contribution in [3.8, 4) is 5.75 Å². The van der Waals surface area contributed by atoms with Gasteiger partial charge < -0.3 is 9.84 Å². The molecule has 0 fully saturated rings. The first-order valence-electron chi connectivity index (χ1n) is 5.97. The van der Waals surface area contributed by atoms with E-state index in [9.17, 15) is 13.2 Å². The minimum absolute atomic E-state index is 0.0685. The molecule has 2 rings (SSSR count). The molecule has 1 N–H and O–H groups in total. The van der Waals surface area contributed by atoms with Gasteiger partial charge in [0, 0.05) is 12.5 Å². The van der Waals surface area contributed by atoms with Crippen molar-refractivity contribution in [3.63, 3.8) is 0 Å². The number of nitrogens with zero attached hydrogens (tertiary/aromatic N) is 1. The van der Waals surface area contributed by atoms with Gasteiger partial charge >= 0.3 is 5.97 Å². The van der Waals surface area contributed by atoms with Crippen LogP contribution in [-0.4, -0.2) is 30.7 Å². The van der Waals surface area contributed by atoms with Crippen LogP contribution in [0.1, 0.15) is 16.1 Å². The van der Waals surface area contributed by atoms with E-state index in [0.29, 0.717) is 11.3 Å². The van der Waals surface area contributed by atoms with Gasteiger partial charge in [0.15, 0.2) is 9.84 Å². The zero-order valence-corrected chi connectivity index (χ0v) is 12.0. The summed E-state index contributed by atoms with van der Waals surface area (Å²) in [7, 11) is -3.29. The standard InChI is InChI=1S/C14H13NO5S/c1-21(18,19)12-4-2-3-11(8-12)20-9-10-5-6-15-13(7-10)14(16)17/h2-8H,9H2,1H3,(H,16,17). The Hall–Kier alpha value is -2.41. The van der Waals surface area contributed by atoms with Gasteiger partial charge in [0.1, 0.15) is 18.1 Å². The van der Waals surface area contributed by atoms with Crippen LogP contribution >= 0.6 is 0 Å². The van der Waals surface area contributed by atoms with Crippen molar-refractivity contribution in [3.05, 3.63) is 53.9 Å². The average Bonchev–Trinajstić information content (AvgIpc) is 2.45. The number of hydrogen-bond acceptors (Lipinski definition) is 5. The van der Waals surface area contributed by atoms with Crippen LogP contribution in [0, 0.1) is 0 Å². The van der Waals surface area contributed by atoms with Crippen molar-refractivity contribution in [1.82, 2.24) is 4.98 Å². The van der Waals surface area contributed by atoms with E-state index in [1.165, 1.54) is 24.4 Å². The van der Waals surface area contributed by atoms with E-state index in [1.54, 1.807) is 18.2 Å². The SMILES string of the molecule is CS(=O)(=O)c1cccc(OCc2ccnc(C(=O)O)c2)c1. The predicted molar refractivity (Wildman–Crippen MR) is 75.1 cm³/mol. The number of benzene rings is 1. The zero-order valence-electron chi connectivity index (χ0n) is 11.2. The van der Waals surface area contributed by atoms with E-state index < -0.39 is 15.8 Å². The summed E-state index contributed by atoms with van der Waals surface area (Å²) in [5, 5.41) is 8.85. The van der Waals surface area contributed by atoms with E-state index in [-0.39, 0.29) is 17.2 Å². The third-order valence-electron chi connectivity index (χ3n) is 2.68. The number of aromatic nitrogens is 1. The van der Waals surface area contributed by atoms with E-state index in [2.05, 4.69) is 4.98 Å². The maximum Gasteiger partial charge on any atom is 0.354 e. The number of carbonyl (C=O) groups is 1. The molecule has 0 amide bonds. The molecule has 0 aliphatic carbocycles. The van der Waals surface area contributed by atoms with Crippen molar-refractivity contribution in [1.29, 1.82) is 0 Å². The summed E-state index contributed by atoms with van der Waals surface area (Å²) in [6.07, 6.45) is 2.50. The predicted octanol–water partition coefficient (Wildman–Crippen LogP) is 1.76. The Morgan fingerprint density at radius 1 is 1.29 bits per heavy atom. The van der Waals surface area contributed by atoms with Crippen molar-refractivity contribution in [2.75, 3.05) is 6.26 Å². The zero-order chi connectivity index (χ0) is 15.5. The number of ether oxygens (including phenoxy) is 1. The molecule has 2 aromatic rings. The molecule has 6 nitrogen and oxygen atoms in total. The van der Waals surface area contributed by atoms with Crippen molar-refractivity contribution < 1.29 is 23.1 Å². The Kier molecular flexibility index (Phi) is 4.23. The first-order valence-corrected chi connectivity index (χ1v) is 7.86. The molecule has 0 radical (unpaired) electrons. The Balaban J connectivity index is 2.13. The molecule has 7 heteroatoms. The summed E-state index contributed by atoms with van der Waals surface area (Å²) < 4.78 is 28.4. The first kappa shape index (κ1) is 15.0.